The first-order valence-corrected chi connectivity index (χ1v) is 7.90. The number of nitrogens with zero attached hydrogens (tertiary/aromatic N) is 1. The molecule has 0 spiro atoms. The van der Waals surface area contributed by atoms with Crippen LogP contribution in [0.2, 0.25) is 0 Å². The quantitative estimate of drug-likeness (QED) is 0.778. The number of hydrogen-bond acceptors (Lipinski definition) is 3. The minimum atomic E-state index is -0.713. The van der Waals surface area contributed by atoms with Gasteiger partial charge in [0, 0.05) is 32.8 Å². The third kappa shape index (κ3) is 2.23. The molecule has 3 nitrogen and oxygen atoms in total. The van der Waals surface area contributed by atoms with Crippen LogP contribution in [0.5, 0.6) is 0 Å². The maximum Gasteiger partial charge on any atom is 0.166 e. The Bertz CT molecular complexity index is 557. The molecule has 3 rings (SSSR count). The number of carbonyl (C=O) groups excluding carboxylic acids is 1. The number of ketones is 1. The Hall–Kier alpha value is -1.47. The zero-order valence-corrected chi connectivity index (χ0v) is 11.4. The van der Waals surface area contributed by atoms with Crippen LogP contribution in [0.25, 0.3) is 0 Å². The highest BCUT2D eigenvalue weighted by Crippen LogP contribution is 2.39. The summed E-state index contributed by atoms with van der Waals surface area (Å²) >= 11 is 0. The van der Waals surface area contributed by atoms with Gasteiger partial charge in [0.25, 0.3) is 0 Å². The molecule has 0 N–H and O–H groups in total. The lowest BCUT2D eigenvalue weighted by atomic mass is 9.90. The summed E-state index contributed by atoms with van der Waals surface area (Å²) in [5.41, 5.74) is 1.25. The molecule has 0 amide bonds. The predicted octanol–water partition coefficient (Wildman–Crippen LogP) is 2.43. The molecule has 1 aromatic rings. The zero-order chi connectivity index (χ0) is 13.4. The van der Waals surface area contributed by atoms with Gasteiger partial charge >= 0.3 is 0 Å². The van der Waals surface area contributed by atoms with Gasteiger partial charge in [0.1, 0.15) is 0 Å². The average Bonchev–Trinajstić information content (AvgIpc) is 2.68. The van der Waals surface area contributed by atoms with Crippen molar-refractivity contribution in [2.24, 2.45) is 5.92 Å². The van der Waals surface area contributed by atoms with Crippen LogP contribution in [0.3, 0.4) is 0 Å². The summed E-state index contributed by atoms with van der Waals surface area (Å²) in [7, 11) is -0.713. The van der Waals surface area contributed by atoms with Gasteiger partial charge in [-0.15, -0.1) is 0 Å². The molecule has 4 heteroatoms. The monoisotopic (exact) mass is 273 g/mol. The van der Waals surface area contributed by atoms with E-state index in [0.29, 0.717) is 11.1 Å². The van der Waals surface area contributed by atoms with Gasteiger partial charge in [-0.25, -0.2) is 0 Å². The van der Waals surface area contributed by atoms with E-state index in [1.54, 1.807) is 24.3 Å². The molecule has 2 atom stereocenters. The topological polar surface area (TPSA) is 57.9 Å². The highest BCUT2D eigenvalue weighted by atomic mass is 32.2. The van der Waals surface area contributed by atoms with Crippen molar-refractivity contribution in [1.82, 2.24) is 0 Å². The van der Waals surface area contributed by atoms with Crippen LogP contribution in [0.15, 0.2) is 24.3 Å². The summed E-state index contributed by atoms with van der Waals surface area (Å²) in [4.78, 5) is 12.4. The van der Waals surface area contributed by atoms with Crippen molar-refractivity contribution < 1.29 is 9.00 Å². The summed E-state index contributed by atoms with van der Waals surface area (Å²) in [6.07, 6.45) is 3.55. The van der Waals surface area contributed by atoms with E-state index in [1.807, 2.05) is 0 Å². The number of rotatable bonds is 2. The largest absolute Gasteiger partial charge is 0.294 e. The Kier molecular flexibility index (Phi) is 3.24. The molecule has 0 aliphatic carbocycles. The molecule has 2 aliphatic rings. The SMILES string of the molecule is N#Cc1ccc(C(=O)C2CC3CCC(C2)S3=O)cc1. The van der Waals surface area contributed by atoms with E-state index in [1.165, 1.54) is 0 Å². The predicted molar refractivity (Wildman–Crippen MR) is 73.2 cm³/mol. The molecule has 2 aliphatic heterocycles. The van der Waals surface area contributed by atoms with Crippen LogP contribution in [-0.4, -0.2) is 20.5 Å². The molecule has 0 radical (unpaired) electrons. The lowest BCUT2D eigenvalue weighted by Gasteiger charge is -2.26. The van der Waals surface area contributed by atoms with E-state index in [2.05, 4.69) is 6.07 Å². The van der Waals surface area contributed by atoms with Gasteiger partial charge in [0.05, 0.1) is 11.6 Å². The van der Waals surface area contributed by atoms with Crippen LogP contribution in [0.4, 0.5) is 0 Å². The van der Waals surface area contributed by atoms with Crippen LogP contribution >= 0.6 is 0 Å². The summed E-state index contributed by atoms with van der Waals surface area (Å²) in [5, 5.41) is 9.21. The molecule has 0 saturated carbocycles. The molecule has 0 aromatic heterocycles. The fraction of sp³-hybridized carbons (Fsp3) is 0.467. The van der Waals surface area contributed by atoms with Gasteiger partial charge in [0.2, 0.25) is 0 Å². The maximum absolute atomic E-state index is 12.4. The van der Waals surface area contributed by atoms with Crippen molar-refractivity contribution in [2.75, 3.05) is 0 Å². The lowest BCUT2D eigenvalue weighted by Crippen LogP contribution is -2.32. The number of carbonyl (C=O) groups is 1. The number of hydrogen-bond donors (Lipinski definition) is 0. The van der Waals surface area contributed by atoms with Crippen LogP contribution in [0.1, 0.15) is 41.6 Å². The highest BCUT2D eigenvalue weighted by molar-refractivity contribution is 7.86. The highest BCUT2D eigenvalue weighted by Gasteiger charge is 2.42. The van der Waals surface area contributed by atoms with E-state index in [9.17, 15) is 9.00 Å². The molecule has 2 fully saturated rings. The second-order valence-electron chi connectivity index (χ2n) is 5.37. The van der Waals surface area contributed by atoms with Crippen molar-refractivity contribution >= 4 is 16.6 Å². The minimum Gasteiger partial charge on any atom is -0.294 e. The minimum absolute atomic E-state index is 0.0168. The van der Waals surface area contributed by atoms with Gasteiger partial charge in [-0.1, -0.05) is 12.1 Å². The Morgan fingerprint density at radius 3 is 2.26 bits per heavy atom. The smallest absolute Gasteiger partial charge is 0.166 e. The van der Waals surface area contributed by atoms with Crippen molar-refractivity contribution in [3.8, 4) is 6.07 Å². The number of nitriles is 1. The van der Waals surface area contributed by atoms with Crippen molar-refractivity contribution in [3.05, 3.63) is 35.4 Å². The normalized spacial score (nSPS) is 32.8. The van der Waals surface area contributed by atoms with Crippen LogP contribution in [-0.2, 0) is 10.8 Å². The summed E-state index contributed by atoms with van der Waals surface area (Å²) in [6, 6.07) is 8.88. The van der Waals surface area contributed by atoms with Crippen LogP contribution in [0, 0.1) is 17.2 Å². The third-order valence-corrected chi connectivity index (χ3v) is 6.40. The first-order valence-electron chi connectivity index (χ1n) is 6.63. The fourth-order valence-corrected chi connectivity index (χ4v) is 5.32. The standard InChI is InChI=1S/C15H15NO2S/c16-9-10-1-3-11(4-2-10)15(17)12-7-13-5-6-14(8-12)19(13)18/h1-4,12-14H,5-8H2. The molecule has 1 aromatic carbocycles. The third-order valence-electron chi connectivity index (χ3n) is 4.23. The van der Waals surface area contributed by atoms with Gasteiger partial charge in [-0.2, -0.15) is 5.26 Å². The molecule has 98 valence electrons. The second kappa shape index (κ2) is 4.90. The molecule has 2 unspecified atom stereocenters. The van der Waals surface area contributed by atoms with E-state index < -0.39 is 10.8 Å². The van der Waals surface area contributed by atoms with Gasteiger partial charge in [0.15, 0.2) is 5.78 Å². The maximum atomic E-state index is 12.4. The van der Waals surface area contributed by atoms with E-state index in [0.717, 1.165) is 25.7 Å². The summed E-state index contributed by atoms with van der Waals surface area (Å²) < 4.78 is 11.9. The van der Waals surface area contributed by atoms with Gasteiger partial charge < -0.3 is 0 Å². The Morgan fingerprint density at radius 2 is 1.74 bits per heavy atom. The van der Waals surface area contributed by atoms with Crippen molar-refractivity contribution in [3.63, 3.8) is 0 Å². The van der Waals surface area contributed by atoms with E-state index >= 15 is 0 Å². The summed E-state index contributed by atoms with van der Waals surface area (Å²) in [6.45, 7) is 0. The molecule has 2 saturated heterocycles. The van der Waals surface area contributed by atoms with Gasteiger partial charge in [-0.3, -0.25) is 9.00 Å². The first kappa shape index (κ1) is 12.6. The molecule has 2 bridgehead atoms. The van der Waals surface area contributed by atoms with Crippen molar-refractivity contribution in [2.45, 2.75) is 36.2 Å². The number of benzene rings is 1. The first-order chi connectivity index (χ1) is 9.19. The molecule has 19 heavy (non-hydrogen) atoms. The number of Topliss-reactive ketones (excluding diaryl/α,β-unsaturated/α-hetero) is 1. The Morgan fingerprint density at radius 1 is 1.16 bits per heavy atom. The summed E-state index contributed by atoms with van der Waals surface area (Å²) in [5.74, 6) is 0.168. The lowest BCUT2D eigenvalue weighted by molar-refractivity contribution is 0.0906. The Labute approximate surface area is 115 Å². The van der Waals surface area contributed by atoms with E-state index in [-0.39, 0.29) is 22.2 Å². The number of fused-ring (bicyclic) bond motifs is 2. The van der Waals surface area contributed by atoms with E-state index in [4.69, 9.17) is 5.26 Å². The molecular weight excluding hydrogens is 258 g/mol. The zero-order valence-electron chi connectivity index (χ0n) is 10.5. The average molecular weight is 273 g/mol. The second-order valence-corrected chi connectivity index (χ2v) is 7.36. The van der Waals surface area contributed by atoms with Crippen molar-refractivity contribution in [1.29, 1.82) is 5.26 Å². The molecular formula is C15H15NO2S. The fourth-order valence-electron chi connectivity index (χ4n) is 3.19. The Balaban J connectivity index is 1.77. The van der Waals surface area contributed by atoms with Crippen LogP contribution < -0.4 is 0 Å². The van der Waals surface area contributed by atoms with Gasteiger partial charge in [-0.05, 0) is 37.8 Å². The molecule has 2 heterocycles.